The maximum Gasteiger partial charge on any atom is 0.341 e. The topological polar surface area (TPSA) is 86.1 Å². The van der Waals surface area contributed by atoms with Crippen LogP contribution in [0.2, 0.25) is 0 Å². The number of ether oxygens (including phenoxy) is 1. The Bertz CT molecular complexity index is 953. The van der Waals surface area contributed by atoms with Gasteiger partial charge < -0.3 is 14.6 Å². The van der Waals surface area contributed by atoms with E-state index in [4.69, 9.17) is 4.74 Å². The second-order valence-electron chi connectivity index (χ2n) is 5.64. The van der Waals surface area contributed by atoms with Gasteiger partial charge in [-0.3, -0.25) is 4.79 Å². The standard InChI is InChI=1S/C19H20N4O3S2/c1-3-23-16(13-8-6-5-7-9-13)21-22-19(23)28-12-15(24)20-17-14(10-11-27-17)18(25)26-4-2/h5-11H,3-4,12H2,1-2H3,(H,20,24). The Morgan fingerprint density at radius 3 is 2.68 bits per heavy atom. The molecule has 28 heavy (non-hydrogen) atoms. The molecule has 146 valence electrons. The van der Waals surface area contributed by atoms with Crippen LogP contribution in [0, 0.1) is 0 Å². The highest BCUT2D eigenvalue weighted by Gasteiger charge is 2.18. The molecule has 0 atom stereocenters. The van der Waals surface area contributed by atoms with Crippen molar-refractivity contribution in [1.82, 2.24) is 14.8 Å². The van der Waals surface area contributed by atoms with Crippen molar-refractivity contribution in [3.8, 4) is 11.4 Å². The highest BCUT2D eigenvalue weighted by molar-refractivity contribution is 7.99. The fourth-order valence-corrected chi connectivity index (χ4v) is 4.14. The van der Waals surface area contributed by atoms with Crippen LogP contribution in [0.4, 0.5) is 5.00 Å². The number of thioether (sulfide) groups is 1. The van der Waals surface area contributed by atoms with Crippen LogP contribution in [0.5, 0.6) is 0 Å². The van der Waals surface area contributed by atoms with Crippen molar-refractivity contribution in [1.29, 1.82) is 0 Å². The minimum Gasteiger partial charge on any atom is -0.462 e. The number of nitrogens with zero attached hydrogens (tertiary/aromatic N) is 3. The van der Waals surface area contributed by atoms with E-state index in [1.807, 2.05) is 41.8 Å². The lowest BCUT2D eigenvalue weighted by molar-refractivity contribution is -0.113. The summed E-state index contributed by atoms with van der Waals surface area (Å²) in [4.78, 5) is 24.3. The quantitative estimate of drug-likeness (QED) is 0.442. The number of nitrogens with one attached hydrogen (secondary N) is 1. The van der Waals surface area contributed by atoms with Gasteiger partial charge in [0.15, 0.2) is 11.0 Å². The van der Waals surface area contributed by atoms with Crippen molar-refractivity contribution in [2.45, 2.75) is 25.5 Å². The summed E-state index contributed by atoms with van der Waals surface area (Å²) < 4.78 is 6.98. The molecule has 1 N–H and O–H groups in total. The second kappa shape index (κ2) is 9.52. The molecule has 3 rings (SSSR count). The summed E-state index contributed by atoms with van der Waals surface area (Å²) in [6, 6.07) is 11.4. The van der Waals surface area contributed by atoms with Crippen molar-refractivity contribution < 1.29 is 14.3 Å². The molecule has 9 heteroatoms. The first-order chi connectivity index (χ1) is 13.6. The van der Waals surface area contributed by atoms with Gasteiger partial charge in [0.1, 0.15) is 5.00 Å². The van der Waals surface area contributed by atoms with E-state index in [9.17, 15) is 9.59 Å². The molecule has 0 fully saturated rings. The number of thiophene rings is 1. The van der Waals surface area contributed by atoms with E-state index in [2.05, 4.69) is 15.5 Å². The third-order valence-electron chi connectivity index (χ3n) is 3.81. The van der Waals surface area contributed by atoms with Gasteiger partial charge in [0.25, 0.3) is 0 Å². The number of hydrogen-bond donors (Lipinski definition) is 1. The monoisotopic (exact) mass is 416 g/mol. The Kier molecular flexibility index (Phi) is 6.83. The summed E-state index contributed by atoms with van der Waals surface area (Å²) in [5.74, 6) is 0.274. The SMILES string of the molecule is CCOC(=O)c1ccsc1NC(=O)CSc1nnc(-c2ccccc2)n1CC. The number of carbonyl (C=O) groups is 2. The number of anilines is 1. The van der Waals surface area contributed by atoms with Gasteiger partial charge in [0.05, 0.1) is 17.9 Å². The fourth-order valence-electron chi connectivity index (χ4n) is 2.55. The van der Waals surface area contributed by atoms with Gasteiger partial charge in [0.2, 0.25) is 5.91 Å². The van der Waals surface area contributed by atoms with Crippen molar-refractivity contribution in [2.75, 3.05) is 17.7 Å². The van der Waals surface area contributed by atoms with Crippen LogP contribution in [0.25, 0.3) is 11.4 Å². The highest BCUT2D eigenvalue weighted by atomic mass is 32.2. The first-order valence-corrected chi connectivity index (χ1v) is 10.7. The van der Waals surface area contributed by atoms with Crippen molar-refractivity contribution in [3.63, 3.8) is 0 Å². The number of aromatic nitrogens is 3. The second-order valence-corrected chi connectivity index (χ2v) is 7.50. The Balaban J connectivity index is 1.65. The molecule has 2 aromatic heterocycles. The van der Waals surface area contributed by atoms with Gasteiger partial charge in [-0.2, -0.15) is 0 Å². The molecule has 7 nitrogen and oxygen atoms in total. The van der Waals surface area contributed by atoms with Gasteiger partial charge in [0, 0.05) is 12.1 Å². The molecule has 1 aromatic carbocycles. The minimum absolute atomic E-state index is 0.160. The first-order valence-electron chi connectivity index (χ1n) is 8.79. The number of carbonyl (C=O) groups excluding carboxylic acids is 2. The van der Waals surface area contributed by atoms with Crippen molar-refractivity contribution >= 4 is 40.0 Å². The summed E-state index contributed by atoms with van der Waals surface area (Å²) >= 11 is 2.59. The lowest BCUT2D eigenvalue weighted by Gasteiger charge is -2.08. The van der Waals surface area contributed by atoms with Crippen LogP contribution >= 0.6 is 23.1 Å². The van der Waals surface area contributed by atoms with Gasteiger partial charge in [-0.25, -0.2) is 4.79 Å². The molecule has 0 bridgehead atoms. The molecule has 0 radical (unpaired) electrons. The molecule has 0 aliphatic heterocycles. The van der Waals surface area contributed by atoms with Gasteiger partial charge >= 0.3 is 5.97 Å². The van der Waals surface area contributed by atoms with Crippen molar-refractivity contribution in [2.24, 2.45) is 0 Å². The smallest absolute Gasteiger partial charge is 0.341 e. The zero-order valence-corrected chi connectivity index (χ0v) is 17.2. The van der Waals surface area contributed by atoms with E-state index in [1.54, 1.807) is 18.4 Å². The molecule has 2 heterocycles. The number of esters is 1. The maximum atomic E-state index is 12.4. The Hall–Kier alpha value is -2.65. The number of hydrogen-bond acceptors (Lipinski definition) is 7. The largest absolute Gasteiger partial charge is 0.462 e. The molecule has 0 saturated carbocycles. The molecule has 1 amide bonds. The molecular weight excluding hydrogens is 396 g/mol. The minimum atomic E-state index is -0.440. The van der Waals surface area contributed by atoms with Gasteiger partial charge in [-0.15, -0.1) is 21.5 Å². The molecule has 0 saturated heterocycles. The molecule has 3 aromatic rings. The Morgan fingerprint density at radius 2 is 1.96 bits per heavy atom. The predicted octanol–water partition coefficient (Wildman–Crippen LogP) is 3.93. The fraction of sp³-hybridized carbons (Fsp3) is 0.263. The normalized spacial score (nSPS) is 10.6. The summed E-state index contributed by atoms with van der Waals surface area (Å²) in [6.07, 6.45) is 0. The van der Waals surface area contributed by atoms with E-state index in [-0.39, 0.29) is 18.3 Å². The van der Waals surface area contributed by atoms with Crippen LogP contribution in [0.1, 0.15) is 24.2 Å². The number of rotatable bonds is 8. The average molecular weight is 417 g/mol. The predicted molar refractivity (Wildman–Crippen MR) is 111 cm³/mol. The van der Waals surface area contributed by atoms with Gasteiger partial charge in [-0.05, 0) is 25.3 Å². The Morgan fingerprint density at radius 1 is 1.18 bits per heavy atom. The Labute approximate surface area is 171 Å². The molecule has 0 unspecified atom stereocenters. The molecular formula is C19H20N4O3S2. The third kappa shape index (κ3) is 4.60. The third-order valence-corrected chi connectivity index (χ3v) is 5.61. The van der Waals surface area contributed by atoms with E-state index >= 15 is 0 Å². The van der Waals surface area contributed by atoms with E-state index in [0.717, 1.165) is 11.4 Å². The molecule has 0 spiro atoms. The van der Waals surface area contributed by atoms with E-state index in [0.29, 0.717) is 22.3 Å². The number of amides is 1. The summed E-state index contributed by atoms with van der Waals surface area (Å²) in [5, 5.41) is 14.2. The number of benzene rings is 1. The average Bonchev–Trinajstić information content (AvgIpc) is 3.33. The van der Waals surface area contributed by atoms with Crippen LogP contribution in [0.15, 0.2) is 46.9 Å². The first kappa shape index (κ1) is 20.1. The van der Waals surface area contributed by atoms with Crippen LogP contribution < -0.4 is 5.32 Å². The zero-order valence-electron chi connectivity index (χ0n) is 15.5. The molecule has 0 aliphatic rings. The highest BCUT2D eigenvalue weighted by Crippen LogP contribution is 2.26. The van der Waals surface area contributed by atoms with Gasteiger partial charge in [-0.1, -0.05) is 42.1 Å². The lowest BCUT2D eigenvalue weighted by atomic mass is 10.2. The maximum absolute atomic E-state index is 12.4. The summed E-state index contributed by atoms with van der Waals surface area (Å²) in [6.45, 7) is 4.73. The summed E-state index contributed by atoms with van der Waals surface area (Å²) in [7, 11) is 0. The lowest BCUT2D eigenvalue weighted by Crippen LogP contribution is -2.16. The van der Waals surface area contributed by atoms with E-state index < -0.39 is 5.97 Å². The van der Waals surface area contributed by atoms with Crippen LogP contribution in [-0.2, 0) is 16.1 Å². The van der Waals surface area contributed by atoms with Crippen molar-refractivity contribution in [3.05, 3.63) is 47.3 Å². The summed E-state index contributed by atoms with van der Waals surface area (Å²) in [5.41, 5.74) is 1.35. The van der Waals surface area contributed by atoms with Crippen LogP contribution in [0.3, 0.4) is 0 Å². The van der Waals surface area contributed by atoms with E-state index in [1.165, 1.54) is 23.1 Å². The zero-order chi connectivity index (χ0) is 19.9. The van der Waals surface area contributed by atoms with Crippen LogP contribution in [-0.4, -0.2) is 39.0 Å². The molecule has 0 aliphatic carbocycles.